The molecule has 0 saturated carbocycles. The molecule has 0 bridgehead atoms. The van der Waals surface area contributed by atoms with Crippen LogP contribution in [0.4, 0.5) is 0 Å². The number of carbonyl (C=O) groups excluding carboxylic acids is 1. The molecular weight excluding hydrogens is 254 g/mol. The Balaban J connectivity index is 1.65. The predicted octanol–water partition coefficient (Wildman–Crippen LogP) is 3.18. The van der Waals surface area contributed by atoms with Gasteiger partial charge in [-0.1, -0.05) is 25.1 Å². The molecule has 2 aliphatic rings. The van der Waals surface area contributed by atoms with Gasteiger partial charge in [0, 0.05) is 48.5 Å². The Morgan fingerprint density at radius 3 is 3.00 bits per heavy atom. The maximum absolute atomic E-state index is 11.8. The Morgan fingerprint density at radius 2 is 2.16 bits per heavy atom. The first kappa shape index (κ1) is 13.2. The third kappa shape index (κ3) is 2.72. The third-order valence-corrected chi connectivity index (χ3v) is 5.63. The predicted molar refractivity (Wildman–Crippen MR) is 79.8 cm³/mol. The number of nitrogens with zero attached hydrogens (tertiary/aromatic N) is 1. The summed E-state index contributed by atoms with van der Waals surface area (Å²) in [4.78, 5) is 15.7. The highest BCUT2D eigenvalue weighted by Gasteiger charge is 2.30. The number of hydrogen-bond acceptors (Lipinski definition) is 3. The SMILES string of the molecule is CCC1CN(CC2CSc3ccccc32)CCC1=O. The quantitative estimate of drug-likeness (QED) is 0.845. The van der Waals surface area contributed by atoms with Crippen molar-refractivity contribution < 1.29 is 4.79 Å². The lowest BCUT2D eigenvalue weighted by molar-refractivity contribution is -0.126. The molecule has 3 rings (SSSR count). The smallest absolute Gasteiger partial charge is 0.138 e. The summed E-state index contributed by atoms with van der Waals surface area (Å²) in [5.74, 6) is 2.59. The van der Waals surface area contributed by atoms with Crippen LogP contribution in [-0.2, 0) is 4.79 Å². The van der Waals surface area contributed by atoms with Crippen molar-refractivity contribution in [2.45, 2.75) is 30.6 Å². The summed E-state index contributed by atoms with van der Waals surface area (Å²) < 4.78 is 0. The van der Waals surface area contributed by atoms with Crippen molar-refractivity contribution in [2.75, 3.05) is 25.4 Å². The summed E-state index contributed by atoms with van der Waals surface area (Å²) >= 11 is 1.98. The molecule has 3 heteroatoms. The number of piperidine rings is 1. The van der Waals surface area contributed by atoms with Crippen LogP contribution < -0.4 is 0 Å². The van der Waals surface area contributed by atoms with Crippen molar-refractivity contribution in [1.29, 1.82) is 0 Å². The van der Waals surface area contributed by atoms with E-state index in [4.69, 9.17) is 0 Å². The van der Waals surface area contributed by atoms with Crippen molar-refractivity contribution in [3.63, 3.8) is 0 Å². The monoisotopic (exact) mass is 275 g/mol. The van der Waals surface area contributed by atoms with E-state index in [1.807, 2.05) is 11.8 Å². The average molecular weight is 275 g/mol. The van der Waals surface area contributed by atoms with E-state index in [1.165, 1.54) is 16.2 Å². The highest BCUT2D eigenvalue weighted by atomic mass is 32.2. The molecule has 0 spiro atoms. The minimum Gasteiger partial charge on any atom is -0.302 e. The van der Waals surface area contributed by atoms with Crippen LogP contribution in [0, 0.1) is 5.92 Å². The van der Waals surface area contributed by atoms with E-state index >= 15 is 0 Å². The molecule has 2 heterocycles. The van der Waals surface area contributed by atoms with Gasteiger partial charge in [0.15, 0.2) is 0 Å². The topological polar surface area (TPSA) is 20.3 Å². The van der Waals surface area contributed by atoms with Crippen LogP contribution in [0.25, 0.3) is 0 Å². The number of benzene rings is 1. The molecule has 0 radical (unpaired) electrons. The number of Topliss-reactive ketones (excluding diaryl/α,β-unsaturated/α-hetero) is 1. The van der Waals surface area contributed by atoms with E-state index in [0.717, 1.165) is 32.5 Å². The number of carbonyl (C=O) groups is 1. The molecule has 1 aromatic rings. The molecule has 1 fully saturated rings. The Hall–Kier alpha value is -0.800. The maximum atomic E-state index is 11.8. The molecule has 2 nitrogen and oxygen atoms in total. The molecule has 19 heavy (non-hydrogen) atoms. The summed E-state index contributed by atoms with van der Waals surface area (Å²) in [6.45, 7) is 5.18. The van der Waals surface area contributed by atoms with Gasteiger partial charge in [0.25, 0.3) is 0 Å². The lowest BCUT2D eigenvalue weighted by Gasteiger charge is -2.33. The molecule has 2 atom stereocenters. The van der Waals surface area contributed by atoms with Crippen molar-refractivity contribution in [2.24, 2.45) is 5.92 Å². The zero-order valence-electron chi connectivity index (χ0n) is 11.5. The van der Waals surface area contributed by atoms with Gasteiger partial charge in [0.1, 0.15) is 5.78 Å². The second-order valence-corrected chi connectivity index (χ2v) is 6.69. The van der Waals surface area contributed by atoms with Crippen LogP contribution >= 0.6 is 11.8 Å². The van der Waals surface area contributed by atoms with Crippen LogP contribution in [-0.4, -0.2) is 36.1 Å². The van der Waals surface area contributed by atoms with Crippen molar-refractivity contribution >= 4 is 17.5 Å². The van der Waals surface area contributed by atoms with E-state index in [2.05, 4.69) is 36.1 Å². The first-order valence-electron chi connectivity index (χ1n) is 7.24. The van der Waals surface area contributed by atoms with E-state index < -0.39 is 0 Å². The van der Waals surface area contributed by atoms with E-state index in [9.17, 15) is 4.79 Å². The Labute approximate surface area is 119 Å². The average Bonchev–Trinajstić information content (AvgIpc) is 2.84. The first-order chi connectivity index (χ1) is 9.28. The van der Waals surface area contributed by atoms with Gasteiger partial charge in [0.05, 0.1) is 0 Å². The Kier molecular flexibility index (Phi) is 3.94. The molecule has 0 aliphatic carbocycles. The van der Waals surface area contributed by atoms with Crippen LogP contribution in [0.5, 0.6) is 0 Å². The highest BCUT2D eigenvalue weighted by molar-refractivity contribution is 7.99. The lowest BCUT2D eigenvalue weighted by Crippen LogP contribution is -2.42. The van der Waals surface area contributed by atoms with E-state index in [-0.39, 0.29) is 5.92 Å². The van der Waals surface area contributed by atoms with Crippen LogP contribution in [0.2, 0.25) is 0 Å². The molecule has 0 amide bonds. The Bertz CT molecular complexity index is 474. The fraction of sp³-hybridized carbons (Fsp3) is 0.562. The number of fused-ring (bicyclic) bond motifs is 1. The van der Waals surface area contributed by atoms with Crippen molar-refractivity contribution in [1.82, 2.24) is 4.90 Å². The maximum Gasteiger partial charge on any atom is 0.138 e. The summed E-state index contributed by atoms with van der Waals surface area (Å²) in [6.07, 6.45) is 1.74. The molecule has 1 aromatic carbocycles. The number of likely N-dealkylation sites (tertiary alicyclic amines) is 1. The highest BCUT2D eigenvalue weighted by Crippen LogP contribution is 2.39. The first-order valence-corrected chi connectivity index (χ1v) is 8.23. The molecule has 0 N–H and O–H groups in total. The summed E-state index contributed by atoms with van der Waals surface area (Å²) in [7, 11) is 0. The molecule has 2 unspecified atom stereocenters. The van der Waals surface area contributed by atoms with Crippen LogP contribution in [0.1, 0.15) is 31.2 Å². The minimum atomic E-state index is 0.276. The fourth-order valence-corrected chi connectivity index (χ4v) is 4.43. The normalized spacial score (nSPS) is 27.5. The third-order valence-electron chi connectivity index (χ3n) is 4.38. The van der Waals surface area contributed by atoms with Gasteiger partial charge < -0.3 is 4.90 Å². The molecular formula is C16H21NOS. The largest absolute Gasteiger partial charge is 0.302 e. The zero-order chi connectivity index (χ0) is 13.2. The standard InChI is InChI=1S/C16H21NOS/c1-2-12-9-17(8-7-15(12)18)10-13-11-19-16-6-4-3-5-14(13)16/h3-6,12-13H,2,7-11H2,1H3. The molecule has 1 saturated heterocycles. The second-order valence-electron chi connectivity index (χ2n) is 5.63. The number of ketones is 1. The van der Waals surface area contributed by atoms with E-state index in [0.29, 0.717) is 11.7 Å². The van der Waals surface area contributed by atoms with Crippen LogP contribution in [0.3, 0.4) is 0 Å². The van der Waals surface area contributed by atoms with Crippen molar-refractivity contribution in [3.8, 4) is 0 Å². The van der Waals surface area contributed by atoms with Crippen LogP contribution in [0.15, 0.2) is 29.2 Å². The number of thioether (sulfide) groups is 1. The number of hydrogen-bond donors (Lipinski definition) is 0. The molecule has 0 aromatic heterocycles. The lowest BCUT2D eigenvalue weighted by atomic mass is 9.92. The summed E-state index contributed by atoms with van der Waals surface area (Å²) in [5, 5.41) is 0. The number of rotatable bonds is 3. The van der Waals surface area contributed by atoms with Gasteiger partial charge in [-0.3, -0.25) is 4.79 Å². The van der Waals surface area contributed by atoms with Gasteiger partial charge in [-0.15, -0.1) is 11.8 Å². The van der Waals surface area contributed by atoms with Gasteiger partial charge in [0.2, 0.25) is 0 Å². The summed E-state index contributed by atoms with van der Waals surface area (Å²) in [6, 6.07) is 8.77. The summed E-state index contributed by atoms with van der Waals surface area (Å²) in [5.41, 5.74) is 1.51. The second kappa shape index (κ2) is 5.68. The fourth-order valence-electron chi connectivity index (χ4n) is 3.19. The zero-order valence-corrected chi connectivity index (χ0v) is 12.3. The van der Waals surface area contributed by atoms with Gasteiger partial charge in [-0.25, -0.2) is 0 Å². The molecule has 2 aliphatic heterocycles. The van der Waals surface area contributed by atoms with Gasteiger partial charge in [-0.05, 0) is 18.1 Å². The van der Waals surface area contributed by atoms with E-state index in [1.54, 1.807) is 0 Å². The van der Waals surface area contributed by atoms with Gasteiger partial charge in [-0.2, -0.15) is 0 Å². The minimum absolute atomic E-state index is 0.276. The Morgan fingerprint density at radius 1 is 1.32 bits per heavy atom. The molecule has 102 valence electrons. The van der Waals surface area contributed by atoms with Gasteiger partial charge >= 0.3 is 0 Å². The van der Waals surface area contributed by atoms with Crippen molar-refractivity contribution in [3.05, 3.63) is 29.8 Å².